The summed E-state index contributed by atoms with van der Waals surface area (Å²) in [5, 5.41) is 2.03. The van der Waals surface area contributed by atoms with Crippen molar-refractivity contribution in [1.82, 2.24) is 5.48 Å². The first-order valence-corrected chi connectivity index (χ1v) is 5.11. The predicted molar refractivity (Wildman–Crippen MR) is 52.5 cm³/mol. The van der Waals surface area contributed by atoms with Gasteiger partial charge in [0.05, 0.1) is 17.0 Å². The Morgan fingerprint density at radius 1 is 1.75 bits per heavy atom. The van der Waals surface area contributed by atoms with Gasteiger partial charge in [0.2, 0.25) is 0 Å². The second-order valence-corrected chi connectivity index (χ2v) is 4.00. The SMILES string of the molecule is CCONC(C)c1csc(Cl)c1. The van der Waals surface area contributed by atoms with E-state index in [0.717, 1.165) is 4.34 Å². The topological polar surface area (TPSA) is 21.3 Å². The van der Waals surface area contributed by atoms with Gasteiger partial charge in [0.25, 0.3) is 0 Å². The Hall–Kier alpha value is -0.0900. The van der Waals surface area contributed by atoms with Crippen LogP contribution in [0.5, 0.6) is 0 Å². The van der Waals surface area contributed by atoms with Crippen LogP contribution in [0.4, 0.5) is 0 Å². The number of halogens is 1. The van der Waals surface area contributed by atoms with Crippen LogP contribution in [-0.2, 0) is 4.84 Å². The van der Waals surface area contributed by atoms with Crippen LogP contribution in [0.25, 0.3) is 0 Å². The first kappa shape index (κ1) is 9.99. The molecule has 0 aliphatic carbocycles. The van der Waals surface area contributed by atoms with Crippen LogP contribution in [0.1, 0.15) is 25.5 Å². The van der Waals surface area contributed by atoms with Crippen molar-refractivity contribution in [2.45, 2.75) is 19.9 Å². The third kappa shape index (κ3) is 2.75. The fourth-order valence-electron chi connectivity index (χ4n) is 0.827. The fourth-order valence-corrected chi connectivity index (χ4v) is 1.81. The number of hydroxylamine groups is 1. The first-order chi connectivity index (χ1) is 5.74. The van der Waals surface area contributed by atoms with Gasteiger partial charge in [0, 0.05) is 0 Å². The highest BCUT2D eigenvalue weighted by molar-refractivity contribution is 7.14. The molecule has 12 heavy (non-hydrogen) atoms. The molecule has 0 spiro atoms. The number of nitrogens with one attached hydrogen (secondary N) is 1. The number of rotatable bonds is 4. The van der Waals surface area contributed by atoms with Crippen LogP contribution in [0.2, 0.25) is 4.34 Å². The molecule has 0 aromatic carbocycles. The summed E-state index contributed by atoms with van der Waals surface area (Å²) in [4.78, 5) is 5.07. The van der Waals surface area contributed by atoms with Crippen molar-refractivity contribution in [3.8, 4) is 0 Å². The van der Waals surface area contributed by atoms with Crippen molar-refractivity contribution in [3.63, 3.8) is 0 Å². The molecule has 68 valence electrons. The minimum absolute atomic E-state index is 0.202. The Balaban J connectivity index is 2.47. The van der Waals surface area contributed by atoms with E-state index in [9.17, 15) is 0 Å². The zero-order valence-corrected chi connectivity index (χ0v) is 8.71. The standard InChI is InChI=1S/C8H12ClNOS/c1-3-11-10-6(2)7-4-8(9)12-5-7/h4-6,10H,3H2,1-2H3. The van der Waals surface area contributed by atoms with Crippen LogP contribution in [0.3, 0.4) is 0 Å². The van der Waals surface area contributed by atoms with E-state index in [2.05, 4.69) is 5.48 Å². The minimum atomic E-state index is 0.202. The summed E-state index contributed by atoms with van der Waals surface area (Å²) in [5.74, 6) is 0. The molecule has 0 aliphatic heterocycles. The van der Waals surface area contributed by atoms with Gasteiger partial charge in [-0.15, -0.1) is 11.3 Å². The molecule has 4 heteroatoms. The molecule has 1 rings (SSSR count). The van der Waals surface area contributed by atoms with Crippen molar-refractivity contribution >= 4 is 22.9 Å². The molecule has 0 saturated heterocycles. The summed E-state index contributed by atoms with van der Waals surface area (Å²) in [6.07, 6.45) is 0. The lowest BCUT2D eigenvalue weighted by Crippen LogP contribution is -2.18. The lowest BCUT2D eigenvalue weighted by molar-refractivity contribution is 0.0286. The van der Waals surface area contributed by atoms with Crippen LogP contribution >= 0.6 is 22.9 Å². The number of thiophene rings is 1. The van der Waals surface area contributed by atoms with Gasteiger partial charge < -0.3 is 4.84 Å². The average molecular weight is 206 g/mol. The van der Waals surface area contributed by atoms with Gasteiger partial charge in [-0.3, -0.25) is 0 Å². The highest BCUT2D eigenvalue weighted by atomic mass is 35.5. The number of hydrogen-bond acceptors (Lipinski definition) is 3. The van der Waals surface area contributed by atoms with Gasteiger partial charge in [-0.2, -0.15) is 5.48 Å². The molecule has 0 radical (unpaired) electrons. The van der Waals surface area contributed by atoms with Gasteiger partial charge >= 0.3 is 0 Å². The van der Waals surface area contributed by atoms with Crippen molar-refractivity contribution in [2.75, 3.05) is 6.61 Å². The van der Waals surface area contributed by atoms with Gasteiger partial charge in [-0.05, 0) is 30.9 Å². The molecule has 1 atom stereocenters. The quantitative estimate of drug-likeness (QED) is 0.764. The van der Waals surface area contributed by atoms with Crippen molar-refractivity contribution in [1.29, 1.82) is 0 Å². The summed E-state index contributed by atoms with van der Waals surface area (Å²) in [6, 6.07) is 2.15. The molecule has 1 N–H and O–H groups in total. The first-order valence-electron chi connectivity index (χ1n) is 3.85. The van der Waals surface area contributed by atoms with E-state index in [1.807, 2.05) is 25.3 Å². The number of hydrogen-bond donors (Lipinski definition) is 1. The summed E-state index contributed by atoms with van der Waals surface area (Å²) in [6.45, 7) is 4.65. The maximum Gasteiger partial charge on any atom is 0.0931 e. The lowest BCUT2D eigenvalue weighted by atomic mass is 10.2. The van der Waals surface area contributed by atoms with E-state index in [4.69, 9.17) is 16.4 Å². The Kier molecular flexibility index (Phi) is 4.01. The van der Waals surface area contributed by atoms with Crippen LogP contribution < -0.4 is 5.48 Å². The zero-order valence-electron chi connectivity index (χ0n) is 7.13. The molecule has 1 aromatic rings. The maximum absolute atomic E-state index is 5.79. The minimum Gasteiger partial charge on any atom is -0.302 e. The summed E-state index contributed by atoms with van der Waals surface area (Å²) >= 11 is 7.32. The molecule has 0 bridgehead atoms. The maximum atomic E-state index is 5.79. The third-order valence-corrected chi connectivity index (χ3v) is 2.60. The summed E-state index contributed by atoms with van der Waals surface area (Å²) in [7, 11) is 0. The highest BCUT2D eigenvalue weighted by Gasteiger charge is 2.06. The second kappa shape index (κ2) is 4.82. The lowest BCUT2D eigenvalue weighted by Gasteiger charge is -2.10. The van der Waals surface area contributed by atoms with E-state index in [-0.39, 0.29) is 6.04 Å². The van der Waals surface area contributed by atoms with Crippen molar-refractivity contribution in [2.24, 2.45) is 0 Å². The Bertz CT molecular complexity index is 239. The van der Waals surface area contributed by atoms with E-state index in [1.54, 1.807) is 0 Å². The molecule has 0 fully saturated rings. The summed E-state index contributed by atoms with van der Waals surface area (Å²) in [5.41, 5.74) is 4.08. The Morgan fingerprint density at radius 2 is 2.50 bits per heavy atom. The van der Waals surface area contributed by atoms with Gasteiger partial charge in [-0.25, -0.2) is 0 Å². The molecular weight excluding hydrogens is 194 g/mol. The van der Waals surface area contributed by atoms with Crippen molar-refractivity contribution in [3.05, 3.63) is 21.3 Å². The van der Waals surface area contributed by atoms with Gasteiger partial charge in [0.1, 0.15) is 0 Å². The molecule has 1 aromatic heterocycles. The Morgan fingerprint density at radius 3 is 3.00 bits per heavy atom. The molecule has 0 aliphatic rings. The molecule has 0 amide bonds. The van der Waals surface area contributed by atoms with Gasteiger partial charge in [-0.1, -0.05) is 11.6 Å². The molecule has 2 nitrogen and oxygen atoms in total. The Labute approximate surface area is 81.5 Å². The molecule has 1 heterocycles. The molecular formula is C8H12ClNOS. The van der Waals surface area contributed by atoms with Crippen molar-refractivity contribution < 1.29 is 4.84 Å². The van der Waals surface area contributed by atoms with Crippen LogP contribution in [0, 0.1) is 0 Å². The van der Waals surface area contributed by atoms with E-state index in [1.165, 1.54) is 16.9 Å². The predicted octanol–water partition coefficient (Wildman–Crippen LogP) is 3.00. The van der Waals surface area contributed by atoms with E-state index < -0.39 is 0 Å². The molecule has 1 unspecified atom stereocenters. The fraction of sp³-hybridized carbons (Fsp3) is 0.500. The summed E-state index contributed by atoms with van der Waals surface area (Å²) < 4.78 is 0.815. The highest BCUT2D eigenvalue weighted by Crippen LogP contribution is 2.24. The zero-order chi connectivity index (χ0) is 8.97. The molecule has 0 saturated carbocycles. The second-order valence-electron chi connectivity index (χ2n) is 2.46. The van der Waals surface area contributed by atoms with Gasteiger partial charge in [0.15, 0.2) is 0 Å². The average Bonchev–Trinajstić information content (AvgIpc) is 2.47. The van der Waals surface area contributed by atoms with E-state index >= 15 is 0 Å². The smallest absolute Gasteiger partial charge is 0.0931 e. The van der Waals surface area contributed by atoms with Crippen LogP contribution in [0.15, 0.2) is 11.4 Å². The van der Waals surface area contributed by atoms with Crippen LogP contribution in [-0.4, -0.2) is 6.61 Å². The largest absolute Gasteiger partial charge is 0.302 e. The normalized spacial score (nSPS) is 13.2. The monoisotopic (exact) mass is 205 g/mol. The van der Waals surface area contributed by atoms with E-state index in [0.29, 0.717) is 6.61 Å². The third-order valence-electron chi connectivity index (χ3n) is 1.49.